The molecule has 0 amide bonds. The smallest absolute Gasteiger partial charge is 0.338 e. The van der Waals surface area contributed by atoms with E-state index >= 15 is 0 Å². The number of rotatable bonds is 6. The molecule has 20 heavy (non-hydrogen) atoms. The Morgan fingerprint density at radius 2 is 2.00 bits per heavy atom. The molecule has 0 radical (unpaired) electrons. The third kappa shape index (κ3) is 4.38. The van der Waals surface area contributed by atoms with Crippen molar-refractivity contribution in [3.63, 3.8) is 0 Å². The number of benzene rings is 1. The molecule has 0 bridgehead atoms. The maximum atomic E-state index is 11.9. The van der Waals surface area contributed by atoms with Gasteiger partial charge >= 0.3 is 5.97 Å². The van der Waals surface area contributed by atoms with Gasteiger partial charge in [0, 0.05) is 10.7 Å². The maximum absolute atomic E-state index is 11.9. The second-order valence-electron chi connectivity index (χ2n) is 4.16. The zero-order chi connectivity index (χ0) is 15.3. The predicted molar refractivity (Wildman–Crippen MR) is 75.8 cm³/mol. The highest BCUT2D eigenvalue weighted by molar-refractivity contribution is 8.13. The fraction of sp³-hybridized carbons (Fsp3) is 0.462. The number of hydrogen-bond donors (Lipinski definition) is 0. The molecule has 0 saturated heterocycles. The van der Waals surface area contributed by atoms with E-state index in [1.165, 1.54) is 12.1 Å². The second-order valence-corrected chi connectivity index (χ2v) is 6.69. The third-order valence-electron chi connectivity index (χ3n) is 2.63. The van der Waals surface area contributed by atoms with Crippen molar-refractivity contribution in [3.8, 4) is 5.75 Å². The molecule has 0 N–H and O–H groups in total. The minimum atomic E-state index is -4.01. The molecule has 0 fully saturated rings. The molecule has 1 rings (SSSR count). The summed E-state index contributed by atoms with van der Waals surface area (Å²) in [5.41, 5.74) is 0.118. The van der Waals surface area contributed by atoms with Crippen LogP contribution in [0.1, 0.15) is 37.6 Å². The van der Waals surface area contributed by atoms with E-state index in [1.807, 2.05) is 6.92 Å². The fourth-order valence-corrected chi connectivity index (χ4v) is 2.43. The van der Waals surface area contributed by atoms with Crippen molar-refractivity contribution in [2.75, 3.05) is 6.61 Å². The largest absolute Gasteiger partial charge is 0.492 e. The molecule has 0 heterocycles. The number of halogens is 1. The summed E-state index contributed by atoms with van der Waals surface area (Å²) in [5, 5.41) is 0. The lowest BCUT2D eigenvalue weighted by molar-refractivity contribution is 0.0334. The summed E-state index contributed by atoms with van der Waals surface area (Å²) in [6, 6.07) is 4.01. The zero-order valence-corrected chi connectivity index (χ0v) is 13.1. The molecule has 0 spiro atoms. The normalized spacial score (nSPS) is 12.8. The Morgan fingerprint density at radius 3 is 2.50 bits per heavy atom. The number of carbonyl (C=O) groups is 1. The SMILES string of the molecule is CCOc1ccc(C(=O)OC(C)CC)cc1S(=O)(=O)Cl. The molecule has 7 heteroatoms. The monoisotopic (exact) mass is 320 g/mol. The molecule has 5 nitrogen and oxygen atoms in total. The zero-order valence-electron chi connectivity index (χ0n) is 11.6. The van der Waals surface area contributed by atoms with E-state index in [1.54, 1.807) is 13.8 Å². The first-order valence-corrected chi connectivity index (χ1v) is 8.53. The number of carbonyl (C=O) groups excluding carboxylic acids is 1. The first-order valence-electron chi connectivity index (χ1n) is 6.22. The first-order chi connectivity index (χ1) is 9.29. The van der Waals surface area contributed by atoms with Crippen LogP contribution in [0.4, 0.5) is 0 Å². The van der Waals surface area contributed by atoms with Gasteiger partial charge in [-0.05, 0) is 38.5 Å². The fourth-order valence-electron chi connectivity index (χ4n) is 1.43. The van der Waals surface area contributed by atoms with E-state index < -0.39 is 15.0 Å². The van der Waals surface area contributed by atoms with Crippen molar-refractivity contribution < 1.29 is 22.7 Å². The van der Waals surface area contributed by atoms with E-state index in [0.717, 1.165) is 6.07 Å². The van der Waals surface area contributed by atoms with Crippen LogP contribution < -0.4 is 4.74 Å². The van der Waals surface area contributed by atoms with Gasteiger partial charge in [-0.3, -0.25) is 0 Å². The summed E-state index contributed by atoms with van der Waals surface area (Å²) >= 11 is 0. The summed E-state index contributed by atoms with van der Waals surface area (Å²) in [6.07, 6.45) is 0.425. The summed E-state index contributed by atoms with van der Waals surface area (Å²) in [7, 11) is 1.34. The van der Waals surface area contributed by atoms with Crippen molar-refractivity contribution in [1.82, 2.24) is 0 Å². The standard InChI is InChI=1S/C13H17ClO5S/c1-4-9(3)19-13(15)10-6-7-11(18-5-2)12(8-10)20(14,16)17/h6-9H,4-5H2,1-3H3. The maximum Gasteiger partial charge on any atom is 0.338 e. The minimum Gasteiger partial charge on any atom is -0.492 e. The first kappa shape index (κ1) is 16.8. The predicted octanol–water partition coefficient (Wildman–Crippen LogP) is 2.97. The number of esters is 1. The van der Waals surface area contributed by atoms with Crippen LogP contribution in [0.25, 0.3) is 0 Å². The van der Waals surface area contributed by atoms with Gasteiger partial charge in [0.1, 0.15) is 10.6 Å². The Morgan fingerprint density at radius 1 is 1.35 bits per heavy atom. The number of ether oxygens (including phenoxy) is 2. The Kier molecular flexibility index (Phi) is 5.83. The molecule has 0 aliphatic heterocycles. The van der Waals surface area contributed by atoms with Gasteiger partial charge in [0.2, 0.25) is 0 Å². The molecular weight excluding hydrogens is 304 g/mol. The van der Waals surface area contributed by atoms with Gasteiger partial charge in [-0.25, -0.2) is 13.2 Å². The minimum absolute atomic E-state index is 0.114. The highest BCUT2D eigenvalue weighted by atomic mass is 35.7. The molecule has 0 saturated carbocycles. The Bertz CT molecular complexity index is 582. The molecule has 1 aromatic rings. The van der Waals surface area contributed by atoms with Crippen LogP contribution in [0.2, 0.25) is 0 Å². The lowest BCUT2D eigenvalue weighted by atomic mass is 10.2. The summed E-state index contributed by atoms with van der Waals surface area (Å²) in [5.74, 6) is -0.480. The topological polar surface area (TPSA) is 69.7 Å². The van der Waals surface area contributed by atoms with Gasteiger partial charge in [-0.2, -0.15) is 0 Å². The van der Waals surface area contributed by atoms with Gasteiger partial charge in [-0.1, -0.05) is 6.92 Å². The van der Waals surface area contributed by atoms with Crippen molar-refractivity contribution >= 4 is 25.7 Å². The van der Waals surface area contributed by atoms with E-state index in [4.69, 9.17) is 20.2 Å². The van der Waals surface area contributed by atoms with Crippen LogP contribution >= 0.6 is 10.7 Å². The molecule has 0 aliphatic carbocycles. The quantitative estimate of drug-likeness (QED) is 0.595. The Labute approximate surface area is 123 Å². The van der Waals surface area contributed by atoms with Crippen LogP contribution in [-0.4, -0.2) is 27.1 Å². The molecule has 0 aliphatic rings. The lowest BCUT2D eigenvalue weighted by Crippen LogP contribution is -2.14. The molecule has 112 valence electrons. The van der Waals surface area contributed by atoms with Gasteiger partial charge in [0.05, 0.1) is 18.3 Å². The Balaban J connectivity index is 3.16. The van der Waals surface area contributed by atoms with Crippen LogP contribution in [0, 0.1) is 0 Å². The summed E-state index contributed by atoms with van der Waals surface area (Å²) in [4.78, 5) is 11.6. The molecular formula is C13H17ClO5S. The van der Waals surface area contributed by atoms with Gasteiger partial charge in [0.15, 0.2) is 0 Å². The molecule has 1 unspecified atom stereocenters. The van der Waals surface area contributed by atoms with E-state index in [9.17, 15) is 13.2 Å². The van der Waals surface area contributed by atoms with Gasteiger partial charge in [-0.15, -0.1) is 0 Å². The highest BCUT2D eigenvalue weighted by Gasteiger charge is 2.21. The summed E-state index contributed by atoms with van der Waals surface area (Å²) in [6.45, 7) is 5.64. The van der Waals surface area contributed by atoms with Crippen LogP contribution in [-0.2, 0) is 13.8 Å². The average Bonchev–Trinajstić information content (AvgIpc) is 2.38. The summed E-state index contributed by atoms with van der Waals surface area (Å²) < 4.78 is 33.4. The average molecular weight is 321 g/mol. The Hall–Kier alpha value is -1.27. The number of hydrogen-bond acceptors (Lipinski definition) is 5. The highest BCUT2D eigenvalue weighted by Crippen LogP contribution is 2.28. The van der Waals surface area contributed by atoms with Crippen LogP contribution in [0.15, 0.2) is 23.1 Å². The van der Waals surface area contributed by atoms with Crippen molar-refractivity contribution in [3.05, 3.63) is 23.8 Å². The molecule has 0 aromatic heterocycles. The van der Waals surface area contributed by atoms with E-state index in [-0.39, 0.29) is 28.9 Å². The van der Waals surface area contributed by atoms with Crippen LogP contribution in [0.5, 0.6) is 5.75 Å². The molecule has 1 atom stereocenters. The van der Waals surface area contributed by atoms with E-state index in [0.29, 0.717) is 6.42 Å². The van der Waals surface area contributed by atoms with Crippen molar-refractivity contribution in [1.29, 1.82) is 0 Å². The lowest BCUT2D eigenvalue weighted by Gasteiger charge is -2.12. The molecule has 1 aromatic carbocycles. The van der Waals surface area contributed by atoms with Gasteiger partial charge < -0.3 is 9.47 Å². The van der Waals surface area contributed by atoms with Crippen molar-refractivity contribution in [2.24, 2.45) is 0 Å². The van der Waals surface area contributed by atoms with E-state index in [2.05, 4.69) is 0 Å². The van der Waals surface area contributed by atoms with Crippen LogP contribution in [0.3, 0.4) is 0 Å². The van der Waals surface area contributed by atoms with Gasteiger partial charge in [0.25, 0.3) is 9.05 Å². The third-order valence-corrected chi connectivity index (χ3v) is 3.97. The second kappa shape index (κ2) is 6.95. The van der Waals surface area contributed by atoms with Crippen molar-refractivity contribution in [2.45, 2.75) is 38.2 Å².